The molecule has 29 heavy (non-hydrogen) atoms. The molecule has 3 atom stereocenters. The Hall–Kier alpha value is -1.60. The summed E-state index contributed by atoms with van der Waals surface area (Å²) in [5, 5.41) is 8.86. The maximum atomic E-state index is 12.9. The zero-order valence-corrected chi connectivity index (χ0v) is 16.6. The summed E-state index contributed by atoms with van der Waals surface area (Å²) in [5.74, 6) is 5.81. The molecule has 1 saturated carbocycles. The van der Waals surface area contributed by atoms with Gasteiger partial charge in [0.1, 0.15) is 6.54 Å². The molecule has 0 unspecified atom stereocenters. The van der Waals surface area contributed by atoms with E-state index in [0.717, 1.165) is 29.5 Å². The Bertz CT molecular complexity index is 967. The number of hydrogen-bond donors (Lipinski definition) is 2. The Balaban J connectivity index is 1.63. The predicted molar refractivity (Wildman–Crippen MR) is 101 cm³/mol. The molecular weight excluding hydrogens is 405 g/mol. The van der Waals surface area contributed by atoms with E-state index in [4.69, 9.17) is 5.11 Å². The molecule has 3 aliphatic rings. The van der Waals surface area contributed by atoms with Crippen LogP contribution in [-0.2, 0) is 23.1 Å². The Morgan fingerprint density at radius 2 is 1.90 bits per heavy atom. The molecule has 158 valence electrons. The van der Waals surface area contributed by atoms with E-state index in [9.17, 15) is 21.6 Å². The summed E-state index contributed by atoms with van der Waals surface area (Å²) < 4.78 is 67.0. The fourth-order valence-corrected chi connectivity index (χ4v) is 6.85. The lowest BCUT2D eigenvalue weighted by atomic mass is 9.79. The minimum absolute atomic E-state index is 0.00121. The lowest BCUT2D eigenvalue weighted by molar-refractivity contribution is -0.136. The Labute approximate surface area is 168 Å². The molecule has 1 spiro atoms. The zero-order valence-electron chi connectivity index (χ0n) is 15.8. The highest BCUT2D eigenvalue weighted by molar-refractivity contribution is 7.87. The molecule has 2 aliphatic carbocycles. The number of hydrogen-bond acceptors (Lipinski definition) is 3. The number of halogens is 3. The second-order valence-electron chi connectivity index (χ2n) is 8.17. The van der Waals surface area contributed by atoms with Gasteiger partial charge in [-0.15, -0.1) is 0 Å². The highest BCUT2D eigenvalue weighted by Gasteiger charge is 2.60. The number of nitrogens with zero attached hydrogens (tertiary/aromatic N) is 1. The van der Waals surface area contributed by atoms with Gasteiger partial charge in [-0.3, -0.25) is 0 Å². The standard InChI is InChI=1S/C20H23F3N2O3S/c21-20(22,23)13-25-12-19(24-29(25,27)28)17-6-7-18(19)11-16-9-14(3-1-2-8-26)4-5-15(16)10-17/h4-5,9,17-18,24,26H,2,6-8,10-13H2/t17-,18+,19-/m1/s1. The molecule has 1 aliphatic heterocycles. The normalized spacial score (nSPS) is 30.6. The van der Waals surface area contributed by atoms with Gasteiger partial charge in [0.15, 0.2) is 0 Å². The first-order valence-electron chi connectivity index (χ1n) is 9.70. The number of alkyl halides is 3. The van der Waals surface area contributed by atoms with Crippen LogP contribution in [0.2, 0.25) is 0 Å². The van der Waals surface area contributed by atoms with Crippen LogP contribution in [0.3, 0.4) is 0 Å². The van der Waals surface area contributed by atoms with E-state index in [-0.39, 0.29) is 25.0 Å². The van der Waals surface area contributed by atoms with Gasteiger partial charge in [-0.1, -0.05) is 17.9 Å². The lowest BCUT2D eigenvalue weighted by Gasteiger charge is -2.33. The largest absolute Gasteiger partial charge is 0.402 e. The van der Waals surface area contributed by atoms with Gasteiger partial charge in [-0.2, -0.15) is 30.6 Å². The lowest BCUT2D eigenvalue weighted by Crippen LogP contribution is -2.52. The Kier molecular flexibility index (Phi) is 5.18. The van der Waals surface area contributed by atoms with E-state index < -0.39 is 28.5 Å². The van der Waals surface area contributed by atoms with E-state index in [2.05, 4.69) is 16.6 Å². The number of aliphatic hydroxyl groups is 1. The van der Waals surface area contributed by atoms with Crippen LogP contribution in [0.25, 0.3) is 0 Å². The smallest absolute Gasteiger partial charge is 0.395 e. The van der Waals surface area contributed by atoms with Gasteiger partial charge in [0.05, 0.1) is 12.1 Å². The molecule has 1 saturated heterocycles. The number of aliphatic hydroxyl groups excluding tert-OH is 1. The third kappa shape index (κ3) is 3.91. The SMILES string of the molecule is O=S1(=O)N[C@]2(CN1CC(F)(F)F)[C@@H]1CC[C@H]2Cc2cc(C#CCCO)ccc2C1. The van der Waals surface area contributed by atoms with Crippen LogP contribution in [-0.4, -0.2) is 49.2 Å². The van der Waals surface area contributed by atoms with Crippen LogP contribution in [0.4, 0.5) is 13.2 Å². The fourth-order valence-electron chi connectivity index (χ4n) is 5.14. The first kappa shape index (κ1) is 20.7. The average Bonchev–Trinajstić information content (AvgIpc) is 2.99. The maximum absolute atomic E-state index is 12.9. The van der Waals surface area contributed by atoms with Crippen molar-refractivity contribution in [1.82, 2.24) is 9.03 Å². The van der Waals surface area contributed by atoms with Crippen LogP contribution in [0.5, 0.6) is 0 Å². The second kappa shape index (κ2) is 7.27. The van der Waals surface area contributed by atoms with E-state index in [1.807, 2.05) is 18.2 Å². The topological polar surface area (TPSA) is 69.6 Å². The monoisotopic (exact) mass is 428 g/mol. The molecular formula is C20H23F3N2O3S. The summed E-state index contributed by atoms with van der Waals surface area (Å²) in [6, 6.07) is 5.89. The third-order valence-corrected chi connectivity index (χ3v) is 7.96. The van der Waals surface area contributed by atoms with Crippen LogP contribution >= 0.6 is 0 Å². The number of nitrogens with one attached hydrogen (secondary N) is 1. The second-order valence-corrected chi connectivity index (χ2v) is 9.84. The average molecular weight is 428 g/mol. The molecule has 2 fully saturated rings. The van der Waals surface area contributed by atoms with Crippen molar-refractivity contribution in [3.8, 4) is 11.8 Å². The Morgan fingerprint density at radius 1 is 1.21 bits per heavy atom. The molecule has 0 radical (unpaired) electrons. The first-order valence-corrected chi connectivity index (χ1v) is 11.1. The van der Waals surface area contributed by atoms with E-state index in [0.29, 0.717) is 23.6 Å². The van der Waals surface area contributed by atoms with Crippen molar-refractivity contribution in [2.45, 2.75) is 43.8 Å². The zero-order chi connectivity index (χ0) is 20.9. The van der Waals surface area contributed by atoms with Crippen LogP contribution in [0.1, 0.15) is 36.0 Å². The molecule has 4 rings (SSSR count). The van der Waals surface area contributed by atoms with Gasteiger partial charge in [-0.05, 0) is 60.8 Å². The van der Waals surface area contributed by atoms with E-state index in [1.165, 1.54) is 0 Å². The molecule has 2 N–H and O–H groups in total. The van der Waals surface area contributed by atoms with Gasteiger partial charge in [0, 0.05) is 18.5 Å². The van der Waals surface area contributed by atoms with Gasteiger partial charge in [0.2, 0.25) is 0 Å². The van der Waals surface area contributed by atoms with Gasteiger partial charge in [0.25, 0.3) is 10.2 Å². The van der Waals surface area contributed by atoms with Crippen molar-refractivity contribution in [1.29, 1.82) is 0 Å². The molecule has 1 aromatic carbocycles. The number of benzene rings is 1. The molecule has 5 nitrogen and oxygen atoms in total. The Morgan fingerprint density at radius 3 is 2.55 bits per heavy atom. The highest BCUT2D eigenvalue weighted by atomic mass is 32.2. The minimum Gasteiger partial charge on any atom is -0.395 e. The molecule has 1 heterocycles. The van der Waals surface area contributed by atoms with Gasteiger partial charge >= 0.3 is 6.18 Å². The van der Waals surface area contributed by atoms with Crippen molar-refractivity contribution >= 4 is 10.2 Å². The van der Waals surface area contributed by atoms with Crippen molar-refractivity contribution in [2.24, 2.45) is 11.8 Å². The van der Waals surface area contributed by atoms with Gasteiger partial charge in [-0.25, -0.2) is 0 Å². The van der Waals surface area contributed by atoms with Crippen LogP contribution in [0.15, 0.2) is 18.2 Å². The van der Waals surface area contributed by atoms with Crippen molar-refractivity contribution < 1.29 is 26.7 Å². The fraction of sp³-hybridized carbons (Fsp3) is 0.600. The maximum Gasteiger partial charge on any atom is 0.402 e. The van der Waals surface area contributed by atoms with Crippen LogP contribution < -0.4 is 4.72 Å². The van der Waals surface area contributed by atoms with E-state index in [1.54, 1.807) is 0 Å². The molecule has 0 amide bonds. The predicted octanol–water partition coefficient (Wildman–Crippen LogP) is 2.00. The minimum atomic E-state index is -4.57. The summed E-state index contributed by atoms with van der Waals surface area (Å²) in [5.41, 5.74) is 2.17. The third-order valence-electron chi connectivity index (χ3n) is 6.38. The van der Waals surface area contributed by atoms with Crippen molar-refractivity contribution in [2.75, 3.05) is 19.7 Å². The number of fused-ring (bicyclic) bond motifs is 1. The summed E-state index contributed by atoms with van der Waals surface area (Å²) in [6.45, 7) is -1.60. The highest BCUT2D eigenvalue weighted by Crippen LogP contribution is 2.50. The molecule has 1 aromatic rings. The van der Waals surface area contributed by atoms with Gasteiger partial charge < -0.3 is 5.11 Å². The molecule has 2 bridgehead atoms. The van der Waals surface area contributed by atoms with Crippen molar-refractivity contribution in [3.63, 3.8) is 0 Å². The first-order chi connectivity index (χ1) is 13.6. The summed E-state index contributed by atoms with van der Waals surface area (Å²) in [4.78, 5) is 0. The number of rotatable bonds is 2. The molecule has 9 heteroatoms. The van der Waals surface area contributed by atoms with Crippen LogP contribution in [0, 0.1) is 23.7 Å². The van der Waals surface area contributed by atoms with Crippen molar-refractivity contribution in [3.05, 3.63) is 34.9 Å². The summed E-state index contributed by atoms with van der Waals surface area (Å²) >= 11 is 0. The quantitative estimate of drug-likeness (QED) is 0.708. The summed E-state index contributed by atoms with van der Waals surface area (Å²) in [6.07, 6.45) is -1.35. The summed E-state index contributed by atoms with van der Waals surface area (Å²) in [7, 11) is -4.16. The van der Waals surface area contributed by atoms with E-state index >= 15 is 0 Å². The molecule has 0 aromatic heterocycles.